The lowest BCUT2D eigenvalue weighted by Gasteiger charge is -2.15. The third-order valence-electron chi connectivity index (χ3n) is 2.39. The number of halogens is 1. The second-order valence-corrected chi connectivity index (χ2v) is 4.54. The maximum atomic E-state index is 8.56. The summed E-state index contributed by atoms with van der Waals surface area (Å²) in [6.45, 7) is 0.672. The van der Waals surface area contributed by atoms with Gasteiger partial charge in [0.2, 0.25) is 0 Å². The van der Waals surface area contributed by atoms with Crippen LogP contribution in [0.15, 0.2) is 11.6 Å². The molecule has 2 aromatic rings. The van der Waals surface area contributed by atoms with Gasteiger partial charge in [0.1, 0.15) is 0 Å². The Labute approximate surface area is 103 Å². The molecule has 0 amide bonds. The van der Waals surface area contributed by atoms with E-state index in [1.54, 1.807) is 11.3 Å². The number of hydrogen-bond acceptors (Lipinski definition) is 4. The lowest BCUT2D eigenvalue weighted by molar-refractivity contribution is 0.882. The lowest BCUT2D eigenvalue weighted by atomic mass is 10.4. The normalized spacial score (nSPS) is 10.6. The van der Waals surface area contributed by atoms with E-state index < -0.39 is 0 Å². The lowest BCUT2D eigenvalue weighted by Crippen LogP contribution is -2.19. The summed E-state index contributed by atoms with van der Waals surface area (Å²) in [5, 5.41) is 10.5. The minimum atomic E-state index is 0.421. The molecule has 0 N–H and O–H groups in total. The SMILES string of the molecule is CN(CCC#N)c1nc2sccn2c1CCl. The summed E-state index contributed by atoms with van der Waals surface area (Å²) in [4.78, 5) is 7.42. The van der Waals surface area contributed by atoms with Gasteiger partial charge in [0.05, 0.1) is 24.1 Å². The molecule has 6 heteroatoms. The fourth-order valence-electron chi connectivity index (χ4n) is 1.57. The largest absolute Gasteiger partial charge is 0.357 e. The molecule has 2 rings (SSSR count). The van der Waals surface area contributed by atoms with E-state index in [0.717, 1.165) is 16.5 Å². The maximum absolute atomic E-state index is 8.56. The summed E-state index contributed by atoms with van der Waals surface area (Å²) in [6.07, 6.45) is 2.45. The highest BCUT2D eigenvalue weighted by molar-refractivity contribution is 7.15. The Hall–Kier alpha value is -1.25. The molecule has 0 unspecified atom stereocenters. The molecule has 0 saturated carbocycles. The van der Waals surface area contributed by atoms with Gasteiger partial charge in [-0.1, -0.05) is 0 Å². The van der Waals surface area contributed by atoms with Crippen LogP contribution in [-0.4, -0.2) is 23.0 Å². The summed E-state index contributed by atoms with van der Waals surface area (Å²) < 4.78 is 2.00. The zero-order chi connectivity index (χ0) is 11.5. The topological polar surface area (TPSA) is 44.3 Å². The van der Waals surface area contributed by atoms with Crippen LogP contribution in [0.5, 0.6) is 0 Å². The van der Waals surface area contributed by atoms with Gasteiger partial charge in [-0.3, -0.25) is 4.40 Å². The molecular formula is C10H11ClN4S. The van der Waals surface area contributed by atoms with Crippen molar-refractivity contribution in [3.63, 3.8) is 0 Å². The molecule has 0 atom stereocenters. The molecule has 0 aliphatic carbocycles. The van der Waals surface area contributed by atoms with Gasteiger partial charge in [0, 0.05) is 25.2 Å². The number of aromatic nitrogens is 2. The molecule has 16 heavy (non-hydrogen) atoms. The molecular weight excluding hydrogens is 244 g/mol. The first-order chi connectivity index (χ1) is 7.77. The number of fused-ring (bicyclic) bond motifs is 1. The van der Waals surface area contributed by atoms with Gasteiger partial charge in [0.25, 0.3) is 0 Å². The Kier molecular flexibility index (Phi) is 3.32. The van der Waals surface area contributed by atoms with Crippen molar-refractivity contribution in [2.45, 2.75) is 12.3 Å². The first kappa shape index (κ1) is 11.2. The Morgan fingerprint density at radius 2 is 2.50 bits per heavy atom. The summed E-state index contributed by atoms with van der Waals surface area (Å²) >= 11 is 7.52. The van der Waals surface area contributed by atoms with Crippen molar-refractivity contribution in [2.75, 3.05) is 18.5 Å². The summed E-state index contributed by atoms with van der Waals surface area (Å²) in [7, 11) is 1.93. The molecule has 0 aliphatic heterocycles. The van der Waals surface area contributed by atoms with Crippen LogP contribution in [-0.2, 0) is 5.88 Å². The van der Waals surface area contributed by atoms with Crippen molar-refractivity contribution in [2.24, 2.45) is 0 Å². The van der Waals surface area contributed by atoms with E-state index in [1.807, 2.05) is 27.9 Å². The number of nitriles is 1. The van der Waals surface area contributed by atoms with Crippen LogP contribution in [0.1, 0.15) is 12.1 Å². The van der Waals surface area contributed by atoms with Gasteiger partial charge in [0.15, 0.2) is 10.8 Å². The van der Waals surface area contributed by atoms with Crippen LogP contribution in [0, 0.1) is 11.3 Å². The van der Waals surface area contributed by atoms with E-state index in [1.165, 1.54) is 0 Å². The molecule has 0 aliphatic rings. The van der Waals surface area contributed by atoms with E-state index in [-0.39, 0.29) is 0 Å². The average Bonchev–Trinajstić information content (AvgIpc) is 2.84. The van der Waals surface area contributed by atoms with Crippen molar-refractivity contribution >= 4 is 33.7 Å². The molecule has 0 spiro atoms. The van der Waals surface area contributed by atoms with Crippen LogP contribution in [0.4, 0.5) is 5.82 Å². The Morgan fingerprint density at radius 1 is 1.69 bits per heavy atom. The van der Waals surface area contributed by atoms with Crippen LogP contribution < -0.4 is 4.90 Å². The monoisotopic (exact) mass is 254 g/mol. The number of hydrogen-bond donors (Lipinski definition) is 0. The smallest absolute Gasteiger partial charge is 0.195 e. The highest BCUT2D eigenvalue weighted by Gasteiger charge is 2.15. The number of thiazole rings is 1. The minimum Gasteiger partial charge on any atom is -0.357 e. The number of rotatable bonds is 4. The van der Waals surface area contributed by atoms with Gasteiger partial charge in [-0.15, -0.1) is 22.9 Å². The predicted octanol–water partition coefficient (Wildman–Crippen LogP) is 2.48. The van der Waals surface area contributed by atoms with E-state index in [9.17, 15) is 0 Å². The maximum Gasteiger partial charge on any atom is 0.195 e. The van der Waals surface area contributed by atoms with Crippen molar-refractivity contribution in [3.05, 3.63) is 17.3 Å². The van der Waals surface area contributed by atoms with Crippen LogP contribution in [0.25, 0.3) is 4.96 Å². The molecule has 0 aromatic carbocycles. The number of anilines is 1. The number of imidazole rings is 1. The van der Waals surface area contributed by atoms with E-state index in [0.29, 0.717) is 18.8 Å². The standard InChI is InChI=1S/C10H11ClN4S/c1-14(4-2-3-12)9-8(7-11)15-5-6-16-10(15)13-9/h5-6H,2,4,7H2,1H3. The first-order valence-corrected chi connectivity index (χ1v) is 6.27. The zero-order valence-electron chi connectivity index (χ0n) is 8.85. The minimum absolute atomic E-state index is 0.421. The van der Waals surface area contributed by atoms with Crippen molar-refractivity contribution in [1.29, 1.82) is 5.26 Å². The Balaban J connectivity index is 2.35. The van der Waals surface area contributed by atoms with Crippen molar-refractivity contribution < 1.29 is 0 Å². The molecule has 0 radical (unpaired) electrons. The van der Waals surface area contributed by atoms with Gasteiger partial charge in [-0.25, -0.2) is 4.98 Å². The average molecular weight is 255 g/mol. The fraction of sp³-hybridized carbons (Fsp3) is 0.400. The molecule has 2 heterocycles. The molecule has 84 valence electrons. The van der Waals surface area contributed by atoms with E-state index in [2.05, 4.69) is 11.1 Å². The van der Waals surface area contributed by atoms with Gasteiger partial charge in [-0.2, -0.15) is 5.26 Å². The van der Waals surface area contributed by atoms with Gasteiger partial charge in [-0.05, 0) is 0 Å². The Bertz CT molecular complexity index is 524. The number of alkyl halides is 1. The first-order valence-electron chi connectivity index (χ1n) is 4.86. The third-order valence-corrected chi connectivity index (χ3v) is 3.40. The van der Waals surface area contributed by atoms with E-state index in [4.69, 9.17) is 16.9 Å². The number of nitrogens with zero attached hydrogens (tertiary/aromatic N) is 4. The molecule has 2 aromatic heterocycles. The molecule has 0 fully saturated rings. The van der Waals surface area contributed by atoms with Crippen LogP contribution >= 0.6 is 22.9 Å². The quantitative estimate of drug-likeness (QED) is 0.788. The fourth-order valence-corrected chi connectivity index (χ4v) is 2.55. The third kappa shape index (κ3) is 1.86. The predicted molar refractivity (Wildman–Crippen MR) is 66.1 cm³/mol. The molecule has 0 bridgehead atoms. The highest BCUT2D eigenvalue weighted by Crippen LogP contribution is 2.25. The van der Waals surface area contributed by atoms with Crippen LogP contribution in [0.3, 0.4) is 0 Å². The zero-order valence-corrected chi connectivity index (χ0v) is 10.4. The van der Waals surface area contributed by atoms with Gasteiger partial charge >= 0.3 is 0 Å². The second-order valence-electron chi connectivity index (χ2n) is 3.40. The molecule has 4 nitrogen and oxygen atoms in total. The summed E-state index contributed by atoms with van der Waals surface area (Å²) in [5.41, 5.74) is 0.985. The van der Waals surface area contributed by atoms with Crippen molar-refractivity contribution in [3.8, 4) is 6.07 Å². The van der Waals surface area contributed by atoms with E-state index >= 15 is 0 Å². The Morgan fingerprint density at radius 3 is 3.19 bits per heavy atom. The van der Waals surface area contributed by atoms with Gasteiger partial charge < -0.3 is 4.90 Å². The molecule has 0 saturated heterocycles. The summed E-state index contributed by atoms with van der Waals surface area (Å²) in [5.74, 6) is 1.29. The van der Waals surface area contributed by atoms with Crippen molar-refractivity contribution in [1.82, 2.24) is 9.38 Å². The summed E-state index contributed by atoms with van der Waals surface area (Å²) in [6, 6.07) is 2.13. The highest BCUT2D eigenvalue weighted by atomic mass is 35.5. The second kappa shape index (κ2) is 4.73. The van der Waals surface area contributed by atoms with Crippen LogP contribution in [0.2, 0.25) is 0 Å².